The summed E-state index contributed by atoms with van der Waals surface area (Å²) in [6.07, 6.45) is 1.66. The lowest BCUT2D eigenvalue weighted by atomic mass is 9.84. The van der Waals surface area contributed by atoms with Crippen molar-refractivity contribution in [2.24, 2.45) is 0 Å². The Bertz CT molecular complexity index is 1200. The predicted molar refractivity (Wildman–Crippen MR) is 133 cm³/mol. The number of methoxy groups -OCH3 is 1. The Balaban J connectivity index is 1.34. The summed E-state index contributed by atoms with van der Waals surface area (Å²) in [5.41, 5.74) is 0.323. The maximum atomic E-state index is 13.9. The number of urea groups is 1. The Morgan fingerprint density at radius 1 is 1.13 bits per heavy atom. The van der Waals surface area contributed by atoms with Gasteiger partial charge in [-0.25, -0.2) is 18.0 Å². The number of carbonyl (C=O) groups is 2. The molecule has 4 rings (SSSR count). The molecule has 4 N–H and O–H groups in total. The monoisotopic (exact) mass is 532 g/mol. The lowest BCUT2D eigenvalue weighted by Crippen LogP contribution is -2.48. The number of piperidine rings is 1. The molecule has 3 amide bonds. The smallest absolute Gasteiger partial charge is 0.319 e. The van der Waals surface area contributed by atoms with Gasteiger partial charge in [0.05, 0.1) is 29.5 Å². The number of ether oxygens (including phenoxy) is 1. The summed E-state index contributed by atoms with van der Waals surface area (Å²) in [5.74, 6) is -2.93. The number of hydrogen-bond donors (Lipinski definition) is 4. The predicted octanol–water partition coefficient (Wildman–Crippen LogP) is 2.85. The van der Waals surface area contributed by atoms with Gasteiger partial charge in [0.2, 0.25) is 0 Å². The molecule has 1 unspecified atom stereocenters. The van der Waals surface area contributed by atoms with E-state index in [0.717, 1.165) is 12.1 Å². The highest BCUT2D eigenvalue weighted by molar-refractivity contribution is 5.98. The van der Waals surface area contributed by atoms with Crippen LogP contribution >= 0.6 is 0 Å². The van der Waals surface area contributed by atoms with Crippen molar-refractivity contribution in [1.82, 2.24) is 20.9 Å². The highest BCUT2D eigenvalue weighted by atomic mass is 19.2. The Kier molecular flexibility index (Phi) is 8.70. The van der Waals surface area contributed by atoms with Crippen molar-refractivity contribution < 1.29 is 32.6 Å². The maximum absolute atomic E-state index is 13.9. The quantitative estimate of drug-likeness (QED) is 0.372. The molecule has 0 saturated carbocycles. The van der Waals surface area contributed by atoms with Gasteiger partial charge in [-0.1, -0.05) is 18.2 Å². The molecule has 2 heterocycles. The van der Waals surface area contributed by atoms with E-state index in [9.17, 15) is 27.9 Å². The van der Waals surface area contributed by atoms with E-state index < -0.39 is 35.2 Å². The van der Waals surface area contributed by atoms with Gasteiger partial charge in [0.1, 0.15) is 5.82 Å². The molecule has 11 heteroatoms. The van der Waals surface area contributed by atoms with Crippen LogP contribution < -0.4 is 16.0 Å². The highest BCUT2D eigenvalue weighted by Gasteiger charge is 2.35. The summed E-state index contributed by atoms with van der Waals surface area (Å²) in [5, 5.41) is 19.0. The van der Waals surface area contributed by atoms with Crippen LogP contribution in [0.15, 0.2) is 53.7 Å². The third-order valence-electron chi connectivity index (χ3n) is 6.97. The number of likely N-dealkylation sites (tertiary alicyclic amines) is 1. The zero-order chi connectivity index (χ0) is 27.3. The Hall–Kier alpha value is -3.41. The molecule has 2 aliphatic heterocycles. The number of rotatable bonds is 9. The van der Waals surface area contributed by atoms with Crippen LogP contribution in [0.2, 0.25) is 0 Å². The fourth-order valence-corrected chi connectivity index (χ4v) is 4.88. The minimum atomic E-state index is -1.09. The first-order chi connectivity index (χ1) is 18.2. The van der Waals surface area contributed by atoms with E-state index in [0.29, 0.717) is 51.0 Å². The van der Waals surface area contributed by atoms with E-state index in [4.69, 9.17) is 4.74 Å². The molecule has 0 aromatic heterocycles. The molecular formula is C27H31F3N4O4. The second kappa shape index (κ2) is 12.0. The molecule has 8 nitrogen and oxygen atoms in total. The van der Waals surface area contributed by atoms with Gasteiger partial charge in [-0.05, 0) is 61.2 Å². The largest absolute Gasteiger partial charge is 0.385 e. The fraction of sp³-hybridized carbons (Fsp3) is 0.407. The molecule has 204 valence electrons. The normalized spacial score (nSPS) is 19.6. The number of nitrogens with one attached hydrogen (secondary N) is 3. The molecule has 38 heavy (non-hydrogen) atoms. The summed E-state index contributed by atoms with van der Waals surface area (Å²) < 4.78 is 45.8. The van der Waals surface area contributed by atoms with Gasteiger partial charge in [0.25, 0.3) is 5.91 Å². The first-order valence-corrected chi connectivity index (χ1v) is 12.4. The van der Waals surface area contributed by atoms with Crippen molar-refractivity contribution in [3.8, 4) is 0 Å². The average molecular weight is 533 g/mol. The van der Waals surface area contributed by atoms with E-state index in [1.807, 2.05) is 0 Å². The number of hydrogen-bond acceptors (Lipinski definition) is 5. The minimum absolute atomic E-state index is 0.0545. The second-order valence-corrected chi connectivity index (χ2v) is 9.52. The lowest BCUT2D eigenvalue weighted by molar-refractivity contribution is -0.118. The number of halogens is 3. The molecule has 1 atom stereocenters. The number of benzene rings is 2. The molecule has 2 aromatic rings. The molecule has 0 radical (unpaired) electrons. The number of carbonyl (C=O) groups excluding carboxylic acids is 2. The number of nitrogens with zero attached hydrogens (tertiary/aromatic N) is 1. The number of amides is 3. The van der Waals surface area contributed by atoms with Crippen LogP contribution in [0.25, 0.3) is 0 Å². The SMILES string of the molecule is COCC1=C(C(=O)NCCCN2CCC(O)(c3ccc(F)cc3)CC2)C(c2ccc(F)c(F)c2)NC(=O)N1. The van der Waals surface area contributed by atoms with E-state index in [1.165, 1.54) is 25.3 Å². The van der Waals surface area contributed by atoms with Crippen LogP contribution in [-0.4, -0.2) is 61.8 Å². The van der Waals surface area contributed by atoms with Crippen LogP contribution in [0.3, 0.4) is 0 Å². The van der Waals surface area contributed by atoms with Gasteiger partial charge in [-0.3, -0.25) is 4.79 Å². The molecule has 0 spiro atoms. The zero-order valence-corrected chi connectivity index (χ0v) is 21.0. The molecule has 0 aliphatic carbocycles. The summed E-state index contributed by atoms with van der Waals surface area (Å²) in [4.78, 5) is 27.6. The molecule has 1 fully saturated rings. The van der Waals surface area contributed by atoms with Crippen LogP contribution in [0.5, 0.6) is 0 Å². The maximum Gasteiger partial charge on any atom is 0.319 e. The Labute approximate surface area is 218 Å². The van der Waals surface area contributed by atoms with Crippen molar-refractivity contribution in [2.45, 2.75) is 30.9 Å². The average Bonchev–Trinajstić information content (AvgIpc) is 2.89. The molecule has 1 saturated heterocycles. The van der Waals surface area contributed by atoms with Crippen LogP contribution in [0.1, 0.15) is 36.4 Å². The van der Waals surface area contributed by atoms with Gasteiger partial charge < -0.3 is 30.7 Å². The van der Waals surface area contributed by atoms with Crippen LogP contribution in [0, 0.1) is 17.5 Å². The van der Waals surface area contributed by atoms with E-state index >= 15 is 0 Å². The first kappa shape index (κ1) is 27.6. The van der Waals surface area contributed by atoms with E-state index in [-0.39, 0.29) is 29.3 Å². The third kappa shape index (κ3) is 6.35. The highest BCUT2D eigenvalue weighted by Crippen LogP contribution is 2.33. The van der Waals surface area contributed by atoms with Crippen LogP contribution in [0.4, 0.5) is 18.0 Å². The summed E-state index contributed by atoms with van der Waals surface area (Å²) >= 11 is 0. The molecular weight excluding hydrogens is 501 g/mol. The third-order valence-corrected chi connectivity index (χ3v) is 6.97. The topological polar surface area (TPSA) is 103 Å². The van der Waals surface area contributed by atoms with Gasteiger partial charge >= 0.3 is 6.03 Å². The Morgan fingerprint density at radius 3 is 2.50 bits per heavy atom. The zero-order valence-electron chi connectivity index (χ0n) is 21.0. The lowest BCUT2D eigenvalue weighted by Gasteiger charge is -2.38. The van der Waals surface area contributed by atoms with Crippen molar-refractivity contribution in [1.29, 1.82) is 0 Å². The summed E-state index contributed by atoms with van der Waals surface area (Å²) in [6.45, 7) is 2.27. The van der Waals surface area contributed by atoms with Crippen molar-refractivity contribution in [3.63, 3.8) is 0 Å². The standard InChI is InChI=1S/C27H31F3N4O4/c1-38-16-22-23(24(33-26(36)32-22)17-3-8-20(29)21(30)15-17)25(35)31-11-2-12-34-13-9-27(37,10-14-34)18-4-6-19(28)7-5-18/h3-8,15,24,37H,2,9-14,16H2,1H3,(H,31,35)(H2,32,33,36). The van der Waals surface area contributed by atoms with Gasteiger partial charge in [0, 0.05) is 26.7 Å². The van der Waals surface area contributed by atoms with E-state index in [2.05, 4.69) is 20.9 Å². The van der Waals surface area contributed by atoms with Gasteiger partial charge in [0.15, 0.2) is 11.6 Å². The van der Waals surface area contributed by atoms with Gasteiger partial charge in [-0.2, -0.15) is 0 Å². The first-order valence-electron chi connectivity index (χ1n) is 12.4. The van der Waals surface area contributed by atoms with Crippen molar-refractivity contribution >= 4 is 11.9 Å². The molecule has 2 aliphatic rings. The number of aliphatic hydroxyl groups is 1. The van der Waals surface area contributed by atoms with Gasteiger partial charge in [-0.15, -0.1) is 0 Å². The van der Waals surface area contributed by atoms with Crippen molar-refractivity contribution in [2.75, 3.05) is 39.9 Å². The second-order valence-electron chi connectivity index (χ2n) is 9.52. The summed E-state index contributed by atoms with van der Waals surface area (Å²) in [6, 6.07) is 7.56. The van der Waals surface area contributed by atoms with Crippen LogP contribution in [-0.2, 0) is 15.1 Å². The molecule has 2 aromatic carbocycles. The van der Waals surface area contributed by atoms with E-state index in [1.54, 1.807) is 12.1 Å². The minimum Gasteiger partial charge on any atom is -0.385 e. The van der Waals surface area contributed by atoms with Crippen molar-refractivity contribution in [3.05, 3.63) is 82.3 Å². The Morgan fingerprint density at radius 2 is 1.84 bits per heavy atom. The summed E-state index contributed by atoms with van der Waals surface area (Å²) in [7, 11) is 1.42. The fourth-order valence-electron chi connectivity index (χ4n) is 4.88. The molecule has 0 bridgehead atoms.